The molecule has 0 saturated heterocycles. The van der Waals surface area contributed by atoms with Crippen LogP contribution in [-0.4, -0.2) is 23.3 Å². The van der Waals surface area contributed by atoms with Crippen LogP contribution in [0, 0.1) is 0 Å². The summed E-state index contributed by atoms with van der Waals surface area (Å²) in [6.07, 6.45) is 1.94. The second-order valence-corrected chi connectivity index (χ2v) is 7.24. The normalized spacial score (nSPS) is 10.4. The van der Waals surface area contributed by atoms with Gasteiger partial charge < -0.3 is 10.6 Å². The van der Waals surface area contributed by atoms with E-state index in [0.717, 1.165) is 5.56 Å². The fourth-order valence-electron chi connectivity index (χ4n) is 2.63. The minimum atomic E-state index is -0.599. The van der Waals surface area contributed by atoms with Crippen LogP contribution in [-0.2, 0) is 6.42 Å². The Morgan fingerprint density at radius 2 is 1.55 bits per heavy atom. The van der Waals surface area contributed by atoms with E-state index < -0.39 is 5.91 Å². The van der Waals surface area contributed by atoms with Gasteiger partial charge in [0.15, 0.2) is 0 Å². The first-order valence-corrected chi connectivity index (χ1v) is 9.82. The molecule has 0 saturated carbocycles. The molecule has 1 aromatic heterocycles. The molecule has 0 aliphatic heterocycles. The number of rotatable bonds is 6. The number of carbonyl (C=O) groups is 2. The molecule has 0 unspecified atom stereocenters. The lowest BCUT2D eigenvalue weighted by molar-refractivity contribution is 0.0955. The van der Waals surface area contributed by atoms with E-state index in [-0.39, 0.29) is 26.7 Å². The molecule has 3 aromatic rings. The Balaban J connectivity index is 1.71. The molecule has 0 bridgehead atoms. The van der Waals surface area contributed by atoms with Gasteiger partial charge >= 0.3 is 0 Å². The van der Waals surface area contributed by atoms with Crippen LogP contribution in [0.3, 0.4) is 0 Å². The monoisotopic (exact) mass is 447 g/mol. The van der Waals surface area contributed by atoms with E-state index in [0.29, 0.717) is 24.2 Å². The van der Waals surface area contributed by atoms with Gasteiger partial charge in [0.2, 0.25) is 0 Å². The molecule has 0 atom stereocenters. The molecule has 0 spiro atoms. The average Bonchev–Trinajstić information content (AvgIpc) is 2.73. The number of nitrogens with zero attached hydrogens (tertiary/aromatic N) is 1. The van der Waals surface area contributed by atoms with Gasteiger partial charge in [-0.05, 0) is 24.1 Å². The molecular weight excluding hydrogens is 433 g/mol. The molecule has 0 aliphatic carbocycles. The summed E-state index contributed by atoms with van der Waals surface area (Å²) in [4.78, 5) is 29.1. The second kappa shape index (κ2) is 9.74. The van der Waals surface area contributed by atoms with E-state index in [2.05, 4.69) is 15.6 Å². The van der Waals surface area contributed by atoms with E-state index in [4.69, 9.17) is 34.8 Å². The van der Waals surface area contributed by atoms with Gasteiger partial charge in [0.05, 0.1) is 26.3 Å². The summed E-state index contributed by atoms with van der Waals surface area (Å²) in [7, 11) is 0. The second-order valence-electron chi connectivity index (χ2n) is 6.07. The predicted octanol–water partition coefficient (Wildman–Crippen LogP) is 5.27. The summed E-state index contributed by atoms with van der Waals surface area (Å²) in [6.45, 7) is 0.464. The van der Waals surface area contributed by atoms with Crippen LogP contribution in [0.4, 0.5) is 5.69 Å². The summed E-state index contributed by atoms with van der Waals surface area (Å²) in [6, 6.07) is 16.5. The third kappa shape index (κ3) is 5.26. The Hall–Kier alpha value is -2.60. The Morgan fingerprint density at radius 3 is 2.31 bits per heavy atom. The highest BCUT2D eigenvalue weighted by Gasteiger charge is 2.19. The number of carbonyl (C=O) groups excluding carboxylic acids is 2. The molecule has 5 nitrogen and oxygen atoms in total. The van der Waals surface area contributed by atoms with E-state index in [1.165, 1.54) is 6.20 Å². The number of amides is 2. The topological polar surface area (TPSA) is 71.1 Å². The Morgan fingerprint density at radius 1 is 0.862 bits per heavy atom. The SMILES string of the molecule is O=C(NCCc1ccccc1)c1ccccc1NC(=O)c1ncc(Cl)c(Cl)c1Cl. The smallest absolute Gasteiger partial charge is 0.275 e. The Bertz CT molecular complexity index is 1040. The van der Waals surface area contributed by atoms with E-state index in [9.17, 15) is 9.59 Å². The van der Waals surface area contributed by atoms with Crippen molar-refractivity contribution in [3.05, 3.63) is 92.7 Å². The van der Waals surface area contributed by atoms with Crippen LogP contribution in [0.1, 0.15) is 26.4 Å². The van der Waals surface area contributed by atoms with Crippen LogP contribution >= 0.6 is 34.8 Å². The molecule has 3 rings (SSSR count). The highest BCUT2D eigenvalue weighted by Crippen LogP contribution is 2.31. The van der Waals surface area contributed by atoms with Crippen molar-refractivity contribution in [2.75, 3.05) is 11.9 Å². The molecule has 2 amide bonds. The number of hydrogen-bond donors (Lipinski definition) is 2. The largest absolute Gasteiger partial charge is 0.352 e. The maximum absolute atomic E-state index is 12.6. The number of pyridine rings is 1. The summed E-state index contributed by atoms with van der Waals surface area (Å²) >= 11 is 17.9. The number of benzene rings is 2. The average molecular weight is 449 g/mol. The fraction of sp³-hybridized carbons (Fsp3) is 0.0952. The third-order valence-corrected chi connectivity index (χ3v) is 5.33. The highest BCUT2D eigenvalue weighted by molar-refractivity contribution is 6.49. The quantitative estimate of drug-likeness (QED) is 0.540. The molecule has 0 fully saturated rings. The van der Waals surface area contributed by atoms with Gasteiger partial charge in [-0.2, -0.15) is 0 Å². The minimum Gasteiger partial charge on any atom is -0.352 e. The van der Waals surface area contributed by atoms with Gasteiger partial charge in [-0.3, -0.25) is 9.59 Å². The fourth-order valence-corrected chi connectivity index (χ4v) is 3.20. The van der Waals surface area contributed by atoms with Gasteiger partial charge in [-0.25, -0.2) is 4.98 Å². The van der Waals surface area contributed by atoms with Crippen LogP contribution < -0.4 is 10.6 Å². The van der Waals surface area contributed by atoms with E-state index >= 15 is 0 Å². The Kier molecular flexibility index (Phi) is 7.09. The number of nitrogens with one attached hydrogen (secondary N) is 2. The van der Waals surface area contributed by atoms with E-state index in [1.54, 1.807) is 24.3 Å². The first-order valence-electron chi connectivity index (χ1n) is 8.69. The lowest BCUT2D eigenvalue weighted by Gasteiger charge is -2.12. The van der Waals surface area contributed by atoms with Crippen LogP contribution in [0.25, 0.3) is 0 Å². The lowest BCUT2D eigenvalue weighted by Crippen LogP contribution is -2.27. The number of aromatic nitrogens is 1. The minimum absolute atomic E-state index is 0.0421. The molecule has 0 radical (unpaired) electrons. The van der Waals surface area contributed by atoms with Crippen molar-refractivity contribution >= 4 is 52.3 Å². The Labute approximate surface area is 183 Å². The zero-order chi connectivity index (χ0) is 20.8. The first kappa shape index (κ1) is 21.1. The molecule has 29 heavy (non-hydrogen) atoms. The maximum Gasteiger partial charge on any atom is 0.275 e. The van der Waals surface area contributed by atoms with Crippen molar-refractivity contribution < 1.29 is 9.59 Å². The van der Waals surface area contributed by atoms with Gasteiger partial charge in [0.25, 0.3) is 11.8 Å². The molecule has 1 heterocycles. The van der Waals surface area contributed by atoms with Crippen molar-refractivity contribution in [1.29, 1.82) is 0 Å². The maximum atomic E-state index is 12.6. The van der Waals surface area contributed by atoms with Gasteiger partial charge in [-0.1, -0.05) is 77.3 Å². The zero-order valence-electron chi connectivity index (χ0n) is 15.1. The zero-order valence-corrected chi connectivity index (χ0v) is 17.4. The van der Waals surface area contributed by atoms with E-state index in [1.807, 2.05) is 30.3 Å². The lowest BCUT2D eigenvalue weighted by atomic mass is 10.1. The predicted molar refractivity (Wildman–Crippen MR) is 116 cm³/mol. The molecule has 0 aliphatic rings. The van der Waals surface area contributed by atoms with Crippen LogP contribution in [0.15, 0.2) is 60.8 Å². The summed E-state index contributed by atoms with van der Waals surface area (Å²) in [5.74, 6) is -0.900. The van der Waals surface area contributed by atoms with Crippen molar-refractivity contribution in [3.63, 3.8) is 0 Å². The van der Waals surface area contributed by atoms with Crippen molar-refractivity contribution in [1.82, 2.24) is 10.3 Å². The van der Waals surface area contributed by atoms with Crippen molar-refractivity contribution in [3.8, 4) is 0 Å². The van der Waals surface area contributed by atoms with Gasteiger partial charge in [-0.15, -0.1) is 0 Å². The van der Waals surface area contributed by atoms with Crippen LogP contribution in [0.2, 0.25) is 15.1 Å². The standard InChI is InChI=1S/C21H16Cl3N3O2/c22-15-12-26-19(18(24)17(15)23)21(29)27-16-9-5-4-8-14(16)20(28)25-11-10-13-6-2-1-3-7-13/h1-9,12H,10-11H2,(H,25,28)(H,27,29). The van der Waals surface area contributed by atoms with Crippen molar-refractivity contribution in [2.24, 2.45) is 0 Å². The third-order valence-electron chi connectivity index (χ3n) is 4.09. The molecular formula is C21H16Cl3N3O2. The molecule has 8 heteroatoms. The van der Waals surface area contributed by atoms with Crippen LogP contribution in [0.5, 0.6) is 0 Å². The molecule has 148 valence electrons. The summed E-state index contributed by atoms with van der Waals surface area (Å²) in [5, 5.41) is 5.65. The summed E-state index contributed by atoms with van der Waals surface area (Å²) < 4.78 is 0. The molecule has 2 N–H and O–H groups in total. The highest BCUT2D eigenvalue weighted by atomic mass is 35.5. The summed E-state index contributed by atoms with van der Waals surface area (Å²) in [5.41, 5.74) is 1.69. The molecule has 2 aromatic carbocycles. The van der Waals surface area contributed by atoms with Gasteiger partial charge in [0.1, 0.15) is 5.69 Å². The number of halogens is 3. The number of hydrogen-bond acceptors (Lipinski definition) is 3. The first-order chi connectivity index (χ1) is 14.0. The van der Waals surface area contributed by atoms with Crippen molar-refractivity contribution in [2.45, 2.75) is 6.42 Å². The number of anilines is 1. The van der Waals surface area contributed by atoms with Gasteiger partial charge in [0, 0.05) is 12.7 Å². The number of para-hydroxylation sites is 1.